The Balaban J connectivity index is 2.15. The molecule has 0 amide bonds. The van der Waals surface area contributed by atoms with Gasteiger partial charge in [-0.05, 0) is 40.6 Å². The lowest BCUT2D eigenvalue weighted by Crippen LogP contribution is -2.10. The number of nitrogens with two attached hydrogens (primary N) is 1. The molecule has 3 N–H and O–H groups in total. The van der Waals surface area contributed by atoms with Gasteiger partial charge in [0.25, 0.3) is 0 Å². The van der Waals surface area contributed by atoms with Gasteiger partial charge in [-0.3, -0.25) is 0 Å². The monoisotopic (exact) mass is 272 g/mol. The van der Waals surface area contributed by atoms with E-state index >= 15 is 0 Å². The molecule has 0 saturated heterocycles. The fraction of sp³-hybridized carbons (Fsp3) is 0.167. The van der Waals surface area contributed by atoms with E-state index in [-0.39, 0.29) is 5.69 Å². The van der Waals surface area contributed by atoms with Crippen LogP contribution in [-0.4, -0.2) is 0 Å². The number of benzene rings is 1. The van der Waals surface area contributed by atoms with Crippen LogP contribution in [0.1, 0.15) is 11.1 Å². The molecule has 2 aromatic rings. The molecular formula is C12H11F3N2S. The second-order valence-corrected chi connectivity index (χ2v) is 4.56. The van der Waals surface area contributed by atoms with E-state index in [1.54, 1.807) is 11.3 Å². The van der Waals surface area contributed by atoms with Gasteiger partial charge in [0, 0.05) is 17.9 Å². The van der Waals surface area contributed by atoms with Gasteiger partial charge in [0.15, 0.2) is 0 Å². The first-order valence-corrected chi connectivity index (χ1v) is 6.13. The van der Waals surface area contributed by atoms with Crippen molar-refractivity contribution in [2.24, 2.45) is 0 Å². The molecule has 2 rings (SSSR count). The second-order valence-electron chi connectivity index (χ2n) is 3.78. The zero-order chi connectivity index (χ0) is 13.2. The number of halogens is 3. The second kappa shape index (κ2) is 4.89. The average molecular weight is 272 g/mol. The summed E-state index contributed by atoms with van der Waals surface area (Å²) in [6.45, 7) is 0.491. The molecule has 1 aromatic carbocycles. The SMILES string of the molecule is Nc1ccc(NCc2ccsc2)cc1C(F)(F)F. The third-order valence-corrected chi connectivity index (χ3v) is 3.17. The molecule has 1 aromatic heterocycles. The first kappa shape index (κ1) is 12.8. The average Bonchev–Trinajstić information content (AvgIpc) is 2.79. The van der Waals surface area contributed by atoms with Crippen molar-refractivity contribution in [1.29, 1.82) is 0 Å². The molecule has 0 aliphatic heterocycles. The molecule has 1 heterocycles. The summed E-state index contributed by atoms with van der Waals surface area (Å²) >= 11 is 1.54. The van der Waals surface area contributed by atoms with E-state index in [1.807, 2.05) is 16.8 Å². The Bertz CT molecular complexity index is 521. The van der Waals surface area contributed by atoms with Crippen molar-refractivity contribution in [3.05, 3.63) is 46.2 Å². The molecule has 0 saturated carbocycles. The minimum absolute atomic E-state index is 0.261. The minimum Gasteiger partial charge on any atom is -0.398 e. The van der Waals surface area contributed by atoms with Crippen LogP contribution < -0.4 is 11.1 Å². The lowest BCUT2D eigenvalue weighted by atomic mass is 10.1. The molecular weight excluding hydrogens is 261 g/mol. The molecule has 0 atom stereocenters. The highest BCUT2D eigenvalue weighted by atomic mass is 32.1. The number of anilines is 2. The van der Waals surface area contributed by atoms with Crippen LogP contribution in [0.5, 0.6) is 0 Å². The van der Waals surface area contributed by atoms with Crippen LogP contribution in [-0.2, 0) is 12.7 Å². The van der Waals surface area contributed by atoms with E-state index in [0.29, 0.717) is 12.2 Å². The number of rotatable bonds is 3. The number of hydrogen-bond acceptors (Lipinski definition) is 3. The molecule has 0 fully saturated rings. The van der Waals surface area contributed by atoms with Crippen LogP contribution in [0.25, 0.3) is 0 Å². The Labute approximate surface area is 106 Å². The highest BCUT2D eigenvalue weighted by Gasteiger charge is 2.33. The van der Waals surface area contributed by atoms with E-state index in [2.05, 4.69) is 5.32 Å². The summed E-state index contributed by atoms with van der Waals surface area (Å²) in [6, 6.07) is 5.75. The summed E-state index contributed by atoms with van der Waals surface area (Å²) in [4.78, 5) is 0. The predicted octanol–water partition coefficient (Wildman–Crippen LogP) is 3.96. The minimum atomic E-state index is -4.43. The lowest BCUT2D eigenvalue weighted by molar-refractivity contribution is -0.136. The van der Waals surface area contributed by atoms with Crippen LogP contribution >= 0.6 is 11.3 Å². The molecule has 18 heavy (non-hydrogen) atoms. The highest BCUT2D eigenvalue weighted by molar-refractivity contribution is 7.07. The molecule has 0 spiro atoms. The first-order chi connectivity index (χ1) is 8.47. The van der Waals surface area contributed by atoms with Gasteiger partial charge in [-0.2, -0.15) is 24.5 Å². The third kappa shape index (κ3) is 2.95. The first-order valence-electron chi connectivity index (χ1n) is 5.18. The largest absolute Gasteiger partial charge is 0.418 e. The Hall–Kier alpha value is -1.69. The number of thiophene rings is 1. The quantitative estimate of drug-likeness (QED) is 0.830. The normalized spacial score (nSPS) is 11.5. The standard InChI is InChI=1S/C12H11F3N2S/c13-12(14,15)10-5-9(1-2-11(10)16)17-6-8-3-4-18-7-8/h1-5,7,17H,6,16H2. The fourth-order valence-electron chi connectivity index (χ4n) is 1.51. The predicted molar refractivity (Wildman–Crippen MR) is 67.5 cm³/mol. The van der Waals surface area contributed by atoms with Crippen molar-refractivity contribution >= 4 is 22.7 Å². The molecule has 0 unspecified atom stereocenters. The van der Waals surface area contributed by atoms with Crippen molar-refractivity contribution in [3.63, 3.8) is 0 Å². The van der Waals surface area contributed by atoms with Crippen LogP contribution in [0.2, 0.25) is 0 Å². The van der Waals surface area contributed by atoms with E-state index in [0.717, 1.165) is 11.6 Å². The molecule has 2 nitrogen and oxygen atoms in total. The fourth-order valence-corrected chi connectivity index (χ4v) is 2.18. The molecule has 0 aliphatic rings. The van der Waals surface area contributed by atoms with Crippen LogP contribution in [0.4, 0.5) is 24.5 Å². The van der Waals surface area contributed by atoms with Gasteiger partial charge >= 0.3 is 6.18 Å². The summed E-state index contributed by atoms with van der Waals surface area (Å²) < 4.78 is 37.9. The summed E-state index contributed by atoms with van der Waals surface area (Å²) in [5.74, 6) is 0. The zero-order valence-electron chi connectivity index (χ0n) is 9.29. The lowest BCUT2D eigenvalue weighted by Gasteiger charge is -2.12. The maximum absolute atomic E-state index is 12.6. The van der Waals surface area contributed by atoms with Crippen molar-refractivity contribution in [1.82, 2.24) is 0 Å². The molecule has 0 radical (unpaired) electrons. The summed E-state index contributed by atoms with van der Waals surface area (Å²) in [6.07, 6.45) is -4.43. The van der Waals surface area contributed by atoms with E-state index in [1.165, 1.54) is 12.1 Å². The smallest absolute Gasteiger partial charge is 0.398 e. The van der Waals surface area contributed by atoms with Gasteiger partial charge < -0.3 is 11.1 Å². The Morgan fingerprint density at radius 3 is 2.61 bits per heavy atom. The molecule has 96 valence electrons. The van der Waals surface area contributed by atoms with Gasteiger partial charge in [-0.1, -0.05) is 0 Å². The van der Waals surface area contributed by atoms with Crippen LogP contribution in [0.15, 0.2) is 35.0 Å². The molecule has 0 aliphatic carbocycles. The maximum Gasteiger partial charge on any atom is 0.418 e. The summed E-state index contributed by atoms with van der Waals surface area (Å²) in [5, 5.41) is 6.80. The Kier molecular flexibility index (Phi) is 3.47. The molecule has 6 heteroatoms. The number of nitrogens with one attached hydrogen (secondary N) is 1. The number of nitrogen functional groups attached to an aromatic ring is 1. The van der Waals surface area contributed by atoms with Crippen molar-refractivity contribution in [2.75, 3.05) is 11.1 Å². The molecule has 0 bridgehead atoms. The van der Waals surface area contributed by atoms with E-state index in [4.69, 9.17) is 5.73 Å². The van der Waals surface area contributed by atoms with Gasteiger partial charge in [0.1, 0.15) is 0 Å². The third-order valence-electron chi connectivity index (χ3n) is 2.44. The van der Waals surface area contributed by atoms with Crippen molar-refractivity contribution in [3.8, 4) is 0 Å². The van der Waals surface area contributed by atoms with E-state index < -0.39 is 11.7 Å². The maximum atomic E-state index is 12.6. The van der Waals surface area contributed by atoms with Crippen molar-refractivity contribution in [2.45, 2.75) is 12.7 Å². The topological polar surface area (TPSA) is 38.0 Å². The summed E-state index contributed by atoms with van der Waals surface area (Å²) in [5.41, 5.74) is 5.69. The number of hydrogen-bond donors (Lipinski definition) is 2. The zero-order valence-corrected chi connectivity index (χ0v) is 10.1. The van der Waals surface area contributed by atoms with Gasteiger partial charge in [-0.15, -0.1) is 0 Å². The van der Waals surface area contributed by atoms with Crippen LogP contribution in [0, 0.1) is 0 Å². The Morgan fingerprint density at radius 1 is 1.22 bits per heavy atom. The number of alkyl halides is 3. The van der Waals surface area contributed by atoms with Gasteiger partial charge in [0.05, 0.1) is 5.56 Å². The van der Waals surface area contributed by atoms with Crippen LogP contribution in [0.3, 0.4) is 0 Å². The van der Waals surface area contributed by atoms with Crippen molar-refractivity contribution < 1.29 is 13.2 Å². The van der Waals surface area contributed by atoms with E-state index in [9.17, 15) is 13.2 Å². The van der Waals surface area contributed by atoms with Gasteiger partial charge in [0.2, 0.25) is 0 Å². The Morgan fingerprint density at radius 2 is 2.00 bits per heavy atom. The van der Waals surface area contributed by atoms with Gasteiger partial charge in [-0.25, -0.2) is 0 Å². The summed E-state index contributed by atoms with van der Waals surface area (Å²) in [7, 11) is 0. The highest BCUT2D eigenvalue weighted by Crippen LogP contribution is 2.35.